The molecule has 3 nitrogen and oxygen atoms in total. The molecule has 7 aromatic carbocycles. The lowest BCUT2D eigenvalue weighted by molar-refractivity contribution is 1.08. The Morgan fingerprint density at radius 3 is 1.48 bits per heavy atom. The molecule has 0 fully saturated rings. The van der Waals surface area contributed by atoms with Gasteiger partial charge in [0.1, 0.15) is 0 Å². The van der Waals surface area contributed by atoms with Gasteiger partial charge >= 0.3 is 0 Å². The SMILES string of the molecule is c1ccc(-c2ccc(-c3nc(-c4ccccc4)nc(-c4cccc5ccc6ccc7ccccc7c6c45)n3)cc2)cc1. The first-order valence-electron chi connectivity index (χ1n) is 14.1. The van der Waals surface area contributed by atoms with Crippen molar-refractivity contribution in [3.8, 4) is 45.3 Å². The molecular weight excluding hydrogens is 510 g/mol. The van der Waals surface area contributed by atoms with Crippen molar-refractivity contribution in [3.63, 3.8) is 0 Å². The number of benzene rings is 7. The first-order valence-corrected chi connectivity index (χ1v) is 14.1. The van der Waals surface area contributed by atoms with Crippen LogP contribution in [0.5, 0.6) is 0 Å². The number of hydrogen-bond donors (Lipinski definition) is 0. The standard InChI is InChI=1S/C39H25N3/c1-3-10-26(11-4-1)27-18-24-32(25-19-27)38-40-37(31-13-5-2-6-14-31)41-39(42-38)34-17-9-15-29-22-23-30-21-20-28-12-7-8-16-33(28)35(30)36(29)34/h1-25H. The summed E-state index contributed by atoms with van der Waals surface area (Å²) in [7, 11) is 0. The summed E-state index contributed by atoms with van der Waals surface area (Å²) in [6.45, 7) is 0. The van der Waals surface area contributed by atoms with Crippen LogP contribution in [0.15, 0.2) is 152 Å². The minimum absolute atomic E-state index is 0.653. The van der Waals surface area contributed by atoms with E-state index in [1.54, 1.807) is 0 Å². The minimum atomic E-state index is 0.653. The van der Waals surface area contributed by atoms with Gasteiger partial charge in [-0.25, -0.2) is 15.0 Å². The molecular formula is C39H25N3. The van der Waals surface area contributed by atoms with Crippen molar-refractivity contribution in [1.82, 2.24) is 15.0 Å². The molecule has 0 amide bonds. The fraction of sp³-hybridized carbons (Fsp3) is 0. The maximum atomic E-state index is 5.12. The number of fused-ring (bicyclic) bond motifs is 5. The van der Waals surface area contributed by atoms with Crippen LogP contribution in [0.4, 0.5) is 0 Å². The monoisotopic (exact) mass is 535 g/mol. The van der Waals surface area contributed by atoms with Crippen molar-refractivity contribution in [2.75, 3.05) is 0 Å². The third-order valence-corrected chi connectivity index (χ3v) is 7.91. The van der Waals surface area contributed by atoms with E-state index in [9.17, 15) is 0 Å². The summed E-state index contributed by atoms with van der Waals surface area (Å²) < 4.78 is 0. The Kier molecular flexibility index (Phi) is 5.79. The van der Waals surface area contributed by atoms with Crippen molar-refractivity contribution < 1.29 is 0 Å². The molecule has 0 saturated heterocycles. The van der Waals surface area contributed by atoms with Crippen LogP contribution < -0.4 is 0 Å². The Bertz CT molecular complexity index is 2220. The van der Waals surface area contributed by atoms with E-state index in [0.29, 0.717) is 17.5 Å². The average Bonchev–Trinajstić information content (AvgIpc) is 3.08. The molecule has 0 bridgehead atoms. The third-order valence-electron chi connectivity index (χ3n) is 7.91. The van der Waals surface area contributed by atoms with Crippen LogP contribution >= 0.6 is 0 Å². The summed E-state index contributed by atoms with van der Waals surface area (Å²) >= 11 is 0. The highest BCUT2D eigenvalue weighted by molar-refractivity contribution is 6.23. The fourth-order valence-electron chi connectivity index (χ4n) is 5.84. The highest BCUT2D eigenvalue weighted by Crippen LogP contribution is 2.38. The minimum Gasteiger partial charge on any atom is -0.208 e. The van der Waals surface area contributed by atoms with E-state index in [1.807, 2.05) is 36.4 Å². The largest absolute Gasteiger partial charge is 0.208 e. The van der Waals surface area contributed by atoms with E-state index in [4.69, 9.17) is 15.0 Å². The number of aromatic nitrogens is 3. The Morgan fingerprint density at radius 1 is 0.286 bits per heavy atom. The second-order valence-corrected chi connectivity index (χ2v) is 10.5. The van der Waals surface area contributed by atoms with E-state index < -0.39 is 0 Å². The Hall–Kier alpha value is -5.67. The molecule has 8 aromatic rings. The first kappa shape index (κ1) is 24.2. The van der Waals surface area contributed by atoms with Gasteiger partial charge in [-0.05, 0) is 38.1 Å². The Balaban J connectivity index is 1.38. The maximum Gasteiger partial charge on any atom is 0.164 e. The molecule has 1 heterocycles. The average molecular weight is 536 g/mol. The highest BCUT2D eigenvalue weighted by atomic mass is 15.0. The van der Waals surface area contributed by atoms with E-state index in [-0.39, 0.29) is 0 Å². The van der Waals surface area contributed by atoms with Crippen LogP contribution in [-0.2, 0) is 0 Å². The van der Waals surface area contributed by atoms with Gasteiger partial charge in [-0.15, -0.1) is 0 Å². The van der Waals surface area contributed by atoms with Gasteiger partial charge in [-0.2, -0.15) is 0 Å². The predicted octanol–water partition coefficient (Wildman–Crippen LogP) is 10.00. The summed E-state index contributed by atoms with van der Waals surface area (Å²) in [6.07, 6.45) is 0. The number of hydrogen-bond acceptors (Lipinski definition) is 3. The van der Waals surface area contributed by atoms with E-state index in [1.165, 1.54) is 27.1 Å². The zero-order valence-corrected chi connectivity index (χ0v) is 22.8. The van der Waals surface area contributed by atoms with Gasteiger partial charge in [0, 0.05) is 22.1 Å². The second-order valence-electron chi connectivity index (χ2n) is 10.5. The number of nitrogens with zero attached hydrogens (tertiary/aromatic N) is 3. The maximum absolute atomic E-state index is 5.12. The smallest absolute Gasteiger partial charge is 0.164 e. The first-order chi connectivity index (χ1) is 20.8. The van der Waals surface area contributed by atoms with Crippen molar-refractivity contribution in [3.05, 3.63) is 152 Å². The zero-order chi connectivity index (χ0) is 27.9. The summed E-state index contributed by atoms with van der Waals surface area (Å²) in [5.41, 5.74) is 5.24. The summed E-state index contributed by atoms with van der Waals surface area (Å²) in [5, 5.41) is 7.17. The van der Waals surface area contributed by atoms with Gasteiger partial charge in [-0.3, -0.25) is 0 Å². The van der Waals surface area contributed by atoms with Crippen LogP contribution in [0.2, 0.25) is 0 Å². The Labute approximate surface area is 243 Å². The van der Waals surface area contributed by atoms with Crippen molar-refractivity contribution >= 4 is 32.3 Å². The van der Waals surface area contributed by atoms with Gasteiger partial charge in [0.2, 0.25) is 0 Å². The Morgan fingerprint density at radius 2 is 0.762 bits per heavy atom. The lowest BCUT2D eigenvalue weighted by Crippen LogP contribution is -2.00. The van der Waals surface area contributed by atoms with Crippen LogP contribution in [-0.4, -0.2) is 15.0 Å². The summed E-state index contributed by atoms with van der Waals surface area (Å²) in [5.74, 6) is 1.97. The molecule has 8 rings (SSSR count). The molecule has 3 heteroatoms. The lowest BCUT2D eigenvalue weighted by Gasteiger charge is -2.13. The second kappa shape index (κ2) is 10.1. The normalized spacial score (nSPS) is 11.3. The summed E-state index contributed by atoms with van der Waals surface area (Å²) in [4.78, 5) is 15.2. The van der Waals surface area contributed by atoms with Gasteiger partial charge < -0.3 is 0 Å². The van der Waals surface area contributed by atoms with E-state index in [2.05, 4.69) is 115 Å². The summed E-state index contributed by atoms with van der Waals surface area (Å²) in [6, 6.07) is 52.8. The fourth-order valence-corrected chi connectivity index (χ4v) is 5.84. The molecule has 0 aliphatic rings. The van der Waals surface area contributed by atoms with Gasteiger partial charge in [0.05, 0.1) is 0 Å². The van der Waals surface area contributed by atoms with Crippen LogP contribution in [0.25, 0.3) is 77.6 Å². The topological polar surface area (TPSA) is 38.7 Å². The molecule has 0 atom stereocenters. The van der Waals surface area contributed by atoms with Gasteiger partial charge in [-0.1, -0.05) is 152 Å². The van der Waals surface area contributed by atoms with E-state index >= 15 is 0 Å². The molecule has 0 spiro atoms. The van der Waals surface area contributed by atoms with Crippen LogP contribution in [0, 0.1) is 0 Å². The van der Waals surface area contributed by atoms with Gasteiger partial charge in [0.15, 0.2) is 17.5 Å². The zero-order valence-electron chi connectivity index (χ0n) is 22.8. The molecule has 0 unspecified atom stereocenters. The molecule has 0 aliphatic heterocycles. The van der Waals surface area contributed by atoms with Crippen molar-refractivity contribution in [2.45, 2.75) is 0 Å². The highest BCUT2D eigenvalue weighted by Gasteiger charge is 2.16. The quantitative estimate of drug-likeness (QED) is 0.211. The molecule has 196 valence electrons. The molecule has 0 saturated carbocycles. The molecule has 42 heavy (non-hydrogen) atoms. The molecule has 1 aromatic heterocycles. The van der Waals surface area contributed by atoms with Crippen LogP contribution in [0.3, 0.4) is 0 Å². The van der Waals surface area contributed by atoms with Crippen molar-refractivity contribution in [2.24, 2.45) is 0 Å². The predicted molar refractivity (Wildman–Crippen MR) is 174 cm³/mol. The van der Waals surface area contributed by atoms with Crippen LogP contribution in [0.1, 0.15) is 0 Å². The van der Waals surface area contributed by atoms with Gasteiger partial charge in [0.25, 0.3) is 0 Å². The molecule has 0 N–H and O–H groups in total. The lowest BCUT2D eigenvalue weighted by atomic mass is 9.93. The third kappa shape index (κ3) is 4.20. The van der Waals surface area contributed by atoms with Crippen molar-refractivity contribution in [1.29, 1.82) is 0 Å². The number of rotatable bonds is 4. The molecule has 0 radical (unpaired) electrons. The molecule has 0 aliphatic carbocycles. The van der Waals surface area contributed by atoms with E-state index in [0.717, 1.165) is 33.0 Å².